The van der Waals surface area contributed by atoms with Crippen LogP contribution in [-0.2, 0) is 30.1 Å². The fourth-order valence-corrected chi connectivity index (χ4v) is 6.15. The zero-order valence-electron chi connectivity index (χ0n) is 20.1. The molecule has 214 valence electrons. The van der Waals surface area contributed by atoms with Gasteiger partial charge in [-0.25, -0.2) is 13.2 Å². The SMILES string of the molecule is Nc1ccc2cc(S(=O)(=O)O)cc(O)c2c1N=Nc1cc(S(=O)(=O)O)ccc1S(=O)(=O)c1ccc(O)c(C(=O)O)c1. The van der Waals surface area contributed by atoms with Crippen molar-refractivity contribution in [2.24, 2.45) is 10.2 Å². The predicted octanol–water partition coefficient (Wildman–Crippen LogP) is 3.27. The van der Waals surface area contributed by atoms with Gasteiger partial charge in [-0.2, -0.15) is 16.8 Å². The van der Waals surface area contributed by atoms with Crippen molar-refractivity contribution in [2.75, 3.05) is 5.73 Å². The third-order valence-electron chi connectivity index (χ3n) is 5.66. The molecule has 0 fully saturated rings. The molecule has 0 radical (unpaired) electrons. The number of benzene rings is 4. The first-order chi connectivity index (χ1) is 18.9. The molecule has 15 nitrogen and oxygen atoms in total. The molecule has 0 unspecified atom stereocenters. The van der Waals surface area contributed by atoms with Crippen LogP contribution in [0.1, 0.15) is 10.4 Å². The van der Waals surface area contributed by atoms with Crippen molar-refractivity contribution in [3.63, 3.8) is 0 Å². The van der Waals surface area contributed by atoms with Crippen LogP contribution in [0.2, 0.25) is 0 Å². The number of carboxylic acid groups (broad SMARTS) is 1. The molecule has 0 bridgehead atoms. The summed E-state index contributed by atoms with van der Waals surface area (Å²) in [6.07, 6.45) is 0. The van der Waals surface area contributed by atoms with Gasteiger partial charge < -0.3 is 21.1 Å². The number of aromatic carboxylic acids is 1. The van der Waals surface area contributed by atoms with E-state index in [0.29, 0.717) is 18.2 Å². The van der Waals surface area contributed by atoms with Crippen LogP contribution < -0.4 is 5.73 Å². The Morgan fingerprint density at radius 1 is 0.707 bits per heavy atom. The second-order valence-electron chi connectivity index (χ2n) is 8.31. The third kappa shape index (κ3) is 5.67. The molecule has 41 heavy (non-hydrogen) atoms. The first kappa shape index (κ1) is 29.4. The molecule has 0 amide bonds. The number of rotatable bonds is 7. The average molecular weight is 624 g/mol. The molecule has 0 aliphatic rings. The number of phenolic OH excluding ortho intramolecular Hbond substituents is 1. The number of sulfone groups is 1. The molecule has 0 heterocycles. The number of anilines is 1. The number of nitrogens with zero attached hydrogens (tertiary/aromatic N) is 2. The van der Waals surface area contributed by atoms with E-state index in [0.717, 1.165) is 30.3 Å². The summed E-state index contributed by atoms with van der Waals surface area (Å²) >= 11 is 0. The smallest absolute Gasteiger partial charge is 0.339 e. The van der Waals surface area contributed by atoms with Gasteiger partial charge in [-0.15, -0.1) is 10.2 Å². The monoisotopic (exact) mass is 623 g/mol. The largest absolute Gasteiger partial charge is 0.507 e. The molecule has 4 aromatic carbocycles. The Kier molecular flexibility index (Phi) is 7.23. The molecule has 0 saturated heterocycles. The number of carbonyl (C=O) groups is 1. The van der Waals surface area contributed by atoms with Crippen LogP contribution >= 0.6 is 0 Å². The summed E-state index contributed by atoms with van der Waals surface area (Å²) in [6.45, 7) is 0. The Morgan fingerprint density at radius 2 is 1.34 bits per heavy atom. The second kappa shape index (κ2) is 10.1. The lowest BCUT2D eigenvalue weighted by atomic mass is 10.1. The maximum atomic E-state index is 13.4. The Bertz CT molecular complexity index is 2130. The minimum atomic E-state index is -4.88. The fourth-order valence-electron chi connectivity index (χ4n) is 3.72. The van der Waals surface area contributed by atoms with Crippen molar-refractivity contribution >= 4 is 63.9 Å². The number of carboxylic acids is 1. The zero-order valence-corrected chi connectivity index (χ0v) is 22.5. The van der Waals surface area contributed by atoms with Gasteiger partial charge in [0.1, 0.15) is 28.4 Å². The summed E-state index contributed by atoms with van der Waals surface area (Å²) in [6, 6.07) is 8.76. The maximum Gasteiger partial charge on any atom is 0.339 e. The van der Waals surface area contributed by atoms with Gasteiger partial charge in [0.2, 0.25) is 9.84 Å². The van der Waals surface area contributed by atoms with E-state index >= 15 is 0 Å². The highest BCUT2D eigenvalue weighted by atomic mass is 32.2. The van der Waals surface area contributed by atoms with Gasteiger partial charge >= 0.3 is 5.97 Å². The maximum absolute atomic E-state index is 13.4. The lowest BCUT2D eigenvalue weighted by Crippen LogP contribution is -2.06. The van der Waals surface area contributed by atoms with E-state index in [9.17, 15) is 54.5 Å². The molecule has 7 N–H and O–H groups in total. The summed E-state index contributed by atoms with van der Waals surface area (Å²) in [5, 5.41) is 37.0. The van der Waals surface area contributed by atoms with E-state index in [1.165, 1.54) is 12.1 Å². The van der Waals surface area contributed by atoms with E-state index in [4.69, 9.17) is 5.73 Å². The van der Waals surface area contributed by atoms with Gasteiger partial charge in [-0.05, 0) is 53.9 Å². The van der Waals surface area contributed by atoms with Crippen molar-refractivity contribution in [3.8, 4) is 11.5 Å². The second-order valence-corrected chi connectivity index (χ2v) is 13.1. The van der Waals surface area contributed by atoms with Crippen LogP contribution in [0.25, 0.3) is 10.8 Å². The molecule has 0 spiro atoms. The van der Waals surface area contributed by atoms with Gasteiger partial charge in [0.25, 0.3) is 20.2 Å². The standard InChI is InChI=1S/C23H17N3O12S3/c24-16-4-1-11-7-14(41(36,37)38)10-19(28)21(11)22(16)26-25-17-9-13(40(33,34)35)3-6-20(17)39(31,32)12-2-5-18(27)15(8-12)23(29)30/h1-10,27-28H,24H2,(H,29,30)(H,33,34,35)(H,36,37,38). The van der Waals surface area contributed by atoms with Crippen LogP contribution in [-0.4, -0.2) is 55.6 Å². The normalized spacial score (nSPS) is 12.6. The molecular formula is C23H17N3O12S3. The van der Waals surface area contributed by atoms with Crippen molar-refractivity contribution in [1.82, 2.24) is 0 Å². The fraction of sp³-hybridized carbons (Fsp3) is 0. The van der Waals surface area contributed by atoms with Gasteiger partial charge in [0.15, 0.2) is 0 Å². The van der Waals surface area contributed by atoms with Crippen LogP contribution in [0.15, 0.2) is 90.5 Å². The Balaban J connectivity index is 1.97. The van der Waals surface area contributed by atoms with Crippen molar-refractivity contribution in [2.45, 2.75) is 19.6 Å². The quantitative estimate of drug-likeness (QED) is 0.0981. The predicted molar refractivity (Wildman–Crippen MR) is 141 cm³/mol. The highest BCUT2D eigenvalue weighted by molar-refractivity contribution is 7.91. The first-order valence-corrected chi connectivity index (χ1v) is 15.1. The third-order valence-corrected chi connectivity index (χ3v) is 9.14. The van der Waals surface area contributed by atoms with E-state index in [1.54, 1.807) is 0 Å². The summed E-state index contributed by atoms with van der Waals surface area (Å²) in [7, 11) is -14.3. The number of nitrogen functional groups attached to an aromatic ring is 1. The van der Waals surface area contributed by atoms with Gasteiger partial charge in [0, 0.05) is 6.07 Å². The van der Waals surface area contributed by atoms with Crippen LogP contribution in [0, 0.1) is 0 Å². The number of azo groups is 1. The van der Waals surface area contributed by atoms with Crippen molar-refractivity contribution in [3.05, 3.63) is 66.2 Å². The first-order valence-electron chi connectivity index (χ1n) is 10.8. The molecule has 0 atom stereocenters. The highest BCUT2D eigenvalue weighted by Gasteiger charge is 2.26. The van der Waals surface area contributed by atoms with E-state index in [-0.39, 0.29) is 22.1 Å². The van der Waals surface area contributed by atoms with E-state index in [1.807, 2.05) is 0 Å². The Hall–Kier alpha value is -4.62. The number of aromatic hydroxyl groups is 2. The minimum Gasteiger partial charge on any atom is -0.507 e. The number of phenols is 2. The van der Waals surface area contributed by atoms with Crippen molar-refractivity contribution in [1.29, 1.82) is 0 Å². The lowest BCUT2D eigenvalue weighted by molar-refractivity contribution is 0.0693. The molecule has 0 saturated carbocycles. The number of hydrogen-bond acceptors (Lipinski definition) is 12. The molecule has 0 aliphatic heterocycles. The molecule has 0 aromatic heterocycles. The average Bonchev–Trinajstić information content (AvgIpc) is 2.86. The Labute approximate surface area is 231 Å². The molecule has 0 aliphatic carbocycles. The van der Waals surface area contributed by atoms with Gasteiger partial charge in [-0.3, -0.25) is 9.11 Å². The molecule has 18 heteroatoms. The summed E-state index contributed by atoms with van der Waals surface area (Å²) in [5.41, 5.74) is 4.09. The molecule has 4 rings (SSSR count). The summed E-state index contributed by atoms with van der Waals surface area (Å²) in [4.78, 5) is 8.64. The lowest BCUT2D eigenvalue weighted by Gasteiger charge is -2.11. The number of fused-ring (bicyclic) bond motifs is 1. The molecule has 4 aromatic rings. The zero-order chi connectivity index (χ0) is 30.5. The summed E-state index contributed by atoms with van der Waals surface area (Å²) < 4.78 is 92.3. The van der Waals surface area contributed by atoms with Crippen LogP contribution in [0.5, 0.6) is 11.5 Å². The number of nitrogens with two attached hydrogens (primary N) is 1. The highest BCUT2D eigenvalue weighted by Crippen LogP contribution is 2.41. The topological polar surface area (TPSA) is 271 Å². The van der Waals surface area contributed by atoms with Gasteiger partial charge in [0.05, 0.1) is 30.7 Å². The van der Waals surface area contributed by atoms with E-state index in [2.05, 4.69) is 10.2 Å². The van der Waals surface area contributed by atoms with E-state index < -0.39 is 78.4 Å². The van der Waals surface area contributed by atoms with Crippen molar-refractivity contribution < 1.29 is 54.5 Å². The molecular weight excluding hydrogens is 606 g/mol. The van der Waals surface area contributed by atoms with Crippen LogP contribution in [0.3, 0.4) is 0 Å². The van der Waals surface area contributed by atoms with Crippen LogP contribution in [0.4, 0.5) is 17.1 Å². The van der Waals surface area contributed by atoms with Gasteiger partial charge in [-0.1, -0.05) is 6.07 Å². The summed E-state index contributed by atoms with van der Waals surface area (Å²) in [5.74, 6) is -3.06. The minimum absolute atomic E-state index is 0.0191. The Morgan fingerprint density at radius 3 is 1.95 bits per heavy atom. The number of hydrogen-bond donors (Lipinski definition) is 6.